The number of nitrogens with one attached hydrogen (secondary N) is 1. The second-order valence-corrected chi connectivity index (χ2v) is 5.94. The van der Waals surface area contributed by atoms with E-state index in [1.807, 2.05) is 6.92 Å². The molecule has 1 aliphatic carbocycles. The maximum absolute atomic E-state index is 11.5. The van der Waals surface area contributed by atoms with Gasteiger partial charge in [0.2, 0.25) is 5.91 Å². The zero-order chi connectivity index (χ0) is 15.7. The molecule has 1 N–H and O–H groups in total. The molecule has 0 saturated carbocycles. The first-order valence-electron chi connectivity index (χ1n) is 7.95. The minimum atomic E-state index is 0.0719. The molecule has 1 aromatic carbocycles. The summed E-state index contributed by atoms with van der Waals surface area (Å²) in [7, 11) is 1.69. The Bertz CT molecular complexity index is 621. The Morgan fingerprint density at radius 2 is 2.32 bits per heavy atom. The fourth-order valence-corrected chi connectivity index (χ4v) is 3.53. The third-order valence-corrected chi connectivity index (χ3v) is 4.67. The minimum absolute atomic E-state index is 0.0719. The highest BCUT2D eigenvalue weighted by atomic mass is 16.5. The molecule has 0 radical (unpaired) electrons. The van der Waals surface area contributed by atoms with Crippen LogP contribution in [-0.4, -0.2) is 26.2 Å². The van der Waals surface area contributed by atoms with Gasteiger partial charge in [0, 0.05) is 30.9 Å². The van der Waals surface area contributed by atoms with Crippen molar-refractivity contribution in [1.82, 2.24) is 5.32 Å². The van der Waals surface area contributed by atoms with Crippen LogP contribution in [0.1, 0.15) is 42.4 Å². The lowest BCUT2D eigenvalue weighted by molar-refractivity contribution is -0.120. The second-order valence-electron chi connectivity index (χ2n) is 5.94. The molecule has 1 atom stereocenters. The number of carbonyl (C=O) groups excluding carboxylic acids is 1. The van der Waals surface area contributed by atoms with E-state index in [2.05, 4.69) is 18.0 Å². The van der Waals surface area contributed by atoms with Gasteiger partial charge in [0.05, 0.1) is 13.7 Å². The van der Waals surface area contributed by atoms with Crippen molar-refractivity contribution >= 4 is 5.91 Å². The number of benzene rings is 1. The van der Waals surface area contributed by atoms with Crippen LogP contribution in [0.4, 0.5) is 0 Å². The van der Waals surface area contributed by atoms with E-state index in [0.717, 1.165) is 36.3 Å². The SMILES string of the molecule is C=C(CNC(=O)CC)[C@@H]1CCc2cc(OC)c3c(c21)CCO3. The van der Waals surface area contributed by atoms with Gasteiger partial charge in [-0.15, -0.1) is 0 Å². The highest BCUT2D eigenvalue weighted by molar-refractivity contribution is 5.75. The Morgan fingerprint density at radius 1 is 1.50 bits per heavy atom. The van der Waals surface area contributed by atoms with Gasteiger partial charge in [-0.05, 0) is 30.0 Å². The molecule has 1 aromatic rings. The van der Waals surface area contributed by atoms with Crippen molar-refractivity contribution in [3.63, 3.8) is 0 Å². The van der Waals surface area contributed by atoms with Gasteiger partial charge in [0.15, 0.2) is 11.5 Å². The Kier molecular flexibility index (Phi) is 4.10. The number of aryl methyl sites for hydroxylation is 1. The molecule has 0 saturated heterocycles. The molecule has 22 heavy (non-hydrogen) atoms. The first-order chi connectivity index (χ1) is 10.7. The normalized spacial score (nSPS) is 18.4. The largest absolute Gasteiger partial charge is 0.493 e. The first kappa shape index (κ1) is 14.9. The average molecular weight is 301 g/mol. The lowest BCUT2D eigenvalue weighted by Crippen LogP contribution is -2.25. The topological polar surface area (TPSA) is 47.6 Å². The first-order valence-corrected chi connectivity index (χ1v) is 7.95. The third-order valence-electron chi connectivity index (χ3n) is 4.67. The quantitative estimate of drug-likeness (QED) is 0.851. The molecule has 1 aliphatic heterocycles. The van der Waals surface area contributed by atoms with E-state index in [9.17, 15) is 4.79 Å². The van der Waals surface area contributed by atoms with Gasteiger partial charge < -0.3 is 14.8 Å². The van der Waals surface area contributed by atoms with E-state index in [4.69, 9.17) is 9.47 Å². The number of ether oxygens (including phenoxy) is 2. The van der Waals surface area contributed by atoms with Crippen LogP contribution in [0.15, 0.2) is 18.2 Å². The van der Waals surface area contributed by atoms with Gasteiger partial charge in [-0.2, -0.15) is 0 Å². The molecule has 3 rings (SSSR count). The molecule has 0 unspecified atom stereocenters. The Balaban J connectivity index is 1.87. The number of methoxy groups -OCH3 is 1. The number of rotatable bonds is 5. The van der Waals surface area contributed by atoms with E-state index in [1.165, 1.54) is 16.7 Å². The number of fused-ring (bicyclic) bond motifs is 3. The van der Waals surface area contributed by atoms with Crippen molar-refractivity contribution in [2.24, 2.45) is 0 Å². The van der Waals surface area contributed by atoms with Gasteiger partial charge in [-0.25, -0.2) is 0 Å². The van der Waals surface area contributed by atoms with Gasteiger partial charge in [-0.1, -0.05) is 19.1 Å². The van der Waals surface area contributed by atoms with Crippen molar-refractivity contribution in [3.8, 4) is 11.5 Å². The molecule has 4 heteroatoms. The summed E-state index contributed by atoms with van der Waals surface area (Å²) in [5.41, 5.74) is 5.07. The van der Waals surface area contributed by atoms with Crippen molar-refractivity contribution < 1.29 is 14.3 Å². The number of carbonyl (C=O) groups is 1. The maximum atomic E-state index is 11.5. The summed E-state index contributed by atoms with van der Waals surface area (Å²) in [6.45, 7) is 7.35. The van der Waals surface area contributed by atoms with E-state index in [1.54, 1.807) is 7.11 Å². The molecular weight excluding hydrogens is 278 g/mol. The Morgan fingerprint density at radius 3 is 3.05 bits per heavy atom. The summed E-state index contributed by atoms with van der Waals surface area (Å²) in [4.78, 5) is 11.5. The van der Waals surface area contributed by atoms with Gasteiger partial charge in [0.25, 0.3) is 0 Å². The van der Waals surface area contributed by atoms with Crippen LogP contribution >= 0.6 is 0 Å². The van der Waals surface area contributed by atoms with Crippen molar-refractivity contribution in [3.05, 3.63) is 34.9 Å². The van der Waals surface area contributed by atoms with Crippen LogP contribution in [0.3, 0.4) is 0 Å². The zero-order valence-electron chi connectivity index (χ0n) is 13.3. The Labute approximate surface area is 131 Å². The Hall–Kier alpha value is -1.97. The van der Waals surface area contributed by atoms with Gasteiger partial charge in [0.1, 0.15) is 0 Å². The fraction of sp³-hybridized carbons (Fsp3) is 0.500. The predicted molar refractivity (Wildman–Crippen MR) is 85.7 cm³/mol. The van der Waals surface area contributed by atoms with E-state index in [-0.39, 0.29) is 5.91 Å². The third kappa shape index (κ3) is 2.47. The van der Waals surface area contributed by atoms with Crippen LogP contribution in [0.2, 0.25) is 0 Å². The van der Waals surface area contributed by atoms with E-state index >= 15 is 0 Å². The average Bonchev–Trinajstić information content (AvgIpc) is 3.16. The number of hydrogen-bond donors (Lipinski definition) is 1. The minimum Gasteiger partial charge on any atom is -0.493 e. The number of hydrogen-bond acceptors (Lipinski definition) is 3. The van der Waals surface area contributed by atoms with Crippen LogP contribution in [0.5, 0.6) is 11.5 Å². The summed E-state index contributed by atoms with van der Waals surface area (Å²) in [5.74, 6) is 2.13. The smallest absolute Gasteiger partial charge is 0.219 e. The molecule has 0 fully saturated rings. The van der Waals surface area contributed by atoms with E-state index in [0.29, 0.717) is 25.5 Å². The van der Waals surface area contributed by atoms with E-state index < -0.39 is 0 Å². The summed E-state index contributed by atoms with van der Waals surface area (Å²) < 4.78 is 11.2. The maximum Gasteiger partial charge on any atom is 0.219 e. The molecule has 2 aliphatic rings. The molecular formula is C18H23NO3. The highest BCUT2D eigenvalue weighted by Gasteiger charge is 2.33. The van der Waals surface area contributed by atoms with Crippen LogP contribution in [-0.2, 0) is 17.6 Å². The van der Waals surface area contributed by atoms with Crippen molar-refractivity contribution in [1.29, 1.82) is 0 Å². The van der Waals surface area contributed by atoms with Crippen molar-refractivity contribution in [2.45, 2.75) is 38.5 Å². The second kappa shape index (κ2) is 6.03. The fourth-order valence-electron chi connectivity index (χ4n) is 3.53. The van der Waals surface area contributed by atoms with Gasteiger partial charge in [-0.3, -0.25) is 4.79 Å². The molecule has 118 valence electrons. The molecule has 0 spiro atoms. The summed E-state index contributed by atoms with van der Waals surface area (Å²) in [6, 6.07) is 2.11. The summed E-state index contributed by atoms with van der Waals surface area (Å²) in [5, 5.41) is 2.94. The lowest BCUT2D eigenvalue weighted by Gasteiger charge is -2.19. The molecule has 4 nitrogen and oxygen atoms in total. The van der Waals surface area contributed by atoms with Crippen LogP contribution in [0, 0.1) is 0 Å². The van der Waals surface area contributed by atoms with Crippen LogP contribution < -0.4 is 14.8 Å². The summed E-state index contributed by atoms with van der Waals surface area (Å²) >= 11 is 0. The summed E-state index contributed by atoms with van der Waals surface area (Å²) in [6.07, 6.45) is 3.52. The number of amides is 1. The molecule has 1 heterocycles. The molecule has 0 aromatic heterocycles. The monoisotopic (exact) mass is 301 g/mol. The molecule has 1 amide bonds. The van der Waals surface area contributed by atoms with Crippen LogP contribution in [0.25, 0.3) is 0 Å². The molecule has 0 bridgehead atoms. The van der Waals surface area contributed by atoms with Crippen molar-refractivity contribution in [2.75, 3.05) is 20.3 Å². The zero-order valence-corrected chi connectivity index (χ0v) is 13.3. The van der Waals surface area contributed by atoms with Gasteiger partial charge >= 0.3 is 0 Å². The lowest BCUT2D eigenvalue weighted by atomic mass is 9.89. The highest BCUT2D eigenvalue weighted by Crippen LogP contribution is 2.48. The predicted octanol–water partition coefficient (Wildman–Crippen LogP) is 2.74. The standard InChI is InChI=1S/C18H23NO3/c1-4-16(20)19-10-11(2)13-6-5-12-9-15(21-3)18-14(17(12)13)7-8-22-18/h9,13H,2,4-8,10H2,1,3H3,(H,19,20)/t13-/m0/s1.